The Bertz CT molecular complexity index is 805. The summed E-state index contributed by atoms with van der Waals surface area (Å²) in [5.41, 5.74) is 0.215. The van der Waals surface area contributed by atoms with Crippen LogP contribution in [-0.2, 0) is 14.4 Å². The lowest BCUT2D eigenvalue weighted by molar-refractivity contribution is -0.142. The molecule has 6 heteroatoms. The molecule has 0 aromatic rings. The van der Waals surface area contributed by atoms with Gasteiger partial charge in [0.1, 0.15) is 6.04 Å². The Morgan fingerprint density at radius 3 is 2.42 bits per heavy atom. The fraction of sp³-hybridized carbons (Fsp3) is 0.889. The topological polar surface area (TPSA) is 87.3 Å². The summed E-state index contributed by atoms with van der Waals surface area (Å²) in [6.45, 7) is 13.4. The smallest absolute Gasteiger partial charge is 0.242 e. The third-order valence-electron chi connectivity index (χ3n) is 9.96. The highest BCUT2D eigenvalue weighted by molar-refractivity contribution is 5.88. The molecule has 6 nitrogen and oxygen atoms in total. The van der Waals surface area contributed by atoms with Gasteiger partial charge in [0.05, 0.1) is 0 Å². The van der Waals surface area contributed by atoms with Crippen LogP contribution in [0, 0.1) is 39.9 Å². The molecule has 4 fully saturated rings. The summed E-state index contributed by atoms with van der Waals surface area (Å²) in [5, 5.41) is 9.32. The molecule has 3 saturated carbocycles. The summed E-state index contributed by atoms with van der Waals surface area (Å²) in [4.78, 5) is 37.9. The highest BCUT2D eigenvalue weighted by Crippen LogP contribution is 2.65. The van der Waals surface area contributed by atoms with Crippen molar-refractivity contribution in [3.05, 3.63) is 0 Å². The van der Waals surface area contributed by atoms with Crippen molar-refractivity contribution in [2.45, 2.75) is 105 Å². The first kappa shape index (κ1) is 24.5. The number of rotatable bonds is 4. The van der Waals surface area contributed by atoms with Gasteiger partial charge in [-0.25, -0.2) is 0 Å². The standard InChI is InChI=1S/C27H45N3O3/c1-16(23(32)28-15-25(2,3)4)29-24(33)20-9-8-18-17-7-10-21-27(6,14-12-22(31)30-21)19(17)11-13-26(18,20)5/h16-21H,7-15H2,1-6H3,(H,28,32)(H,29,33)(H,30,31)/t16?,17-,18-,19-,20+,21-,26-,27-/m1/s1. The number of carbonyl (C=O) groups is 3. The molecular formula is C27H45N3O3. The fourth-order valence-electron chi connectivity index (χ4n) is 8.02. The molecule has 0 bridgehead atoms. The van der Waals surface area contributed by atoms with Gasteiger partial charge in [0.25, 0.3) is 0 Å². The van der Waals surface area contributed by atoms with E-state index in [4.69, 9.17) is 0 Å². The molecule has 0 spiro atoms. The second-order valence-electron chi connectivity index (χ2n) is 13.3. The number of amides is 3. The van der Waals surface area contributed by atoms with E-state index >= 15 is 0 Å². The molecule has 0 aromatic carbocycles. The number of fused-ring (bicyclic) bond motifs is 5. The van der Waals surface area contributed by atoms with Crippen molar-refractivity contribution in [3.63, 3.8) is 0 Å². The lowest BCUT2D eigenvalue weighted by Gasteiger charge is -2.60. The van der Waals surface area contributed by atoms with Gasteiger partial charge in [-0.1, -0.05) is 34.6 Å². The zero-order valence-corrected chi connectivity index (χ0v) is 21.6. The van der Waals surface area contributed by atoms with Crippen molar-refractivity contribution < 1.29 is 14.4 Å². The van der Waals surface area contributed by atoms with Crippen molar-refractivity contribution in [1.29, 1.82) is 0 Å². The van der Waals surface area contributed by atoms with Crippen LogP contribution >= 0.6 is 0 Å². The molecule has 33 heavy (non-hydrogen) atoms. The van der Waals surface area contributed by atoms with Crippen LogP contribution in [0.15, 0.2) is 0 Å². The van der Waals surface area contributed by atoms with Gasteiger partial charge < -0.3 is 16.0 Å². The first-order chi connectivity index (χ1) is 15.3. The third-order valence-corrected chi connectivity index (χ3v) is 9.96. The molecule has 4 aliphatic rings. The molecule has 186 valence electrons. The van der Waals surface area contributed by atoms with E-state index in [-0.39, 0.29) is 39.9 Å². The minimum absolute atomic E-state index is 0.00790. The zero-order valence-electron chi connectivity index (χ0n) is 21.6. The van der Waals surface area contributed by atoms with Crippen LogP contribution in [-0.4, -0.2) is 36.3 Å². The van der Waals surface area contributed by atoms with E-state index in [1.165, 1.54) is 0 Å². The largest absolute Gasteiger partial charge is 0.354 e. The van der Waals surface area contributed by atoms with Gasteiger partial charge in [-0.05, 0) is 85.9 Å². The summed E-state index contributed by atoms with van der Waals surface area (Å²) < 4.78 is 0. The van der Waals surface area contributed by atoms with E-state index in [1.54, 1.807) is 6.92 Å². The van der Waals surface area contributed by atoms with Crippen LogP contribution in [0.2, 0.25) is 0 Å². The van der Waals surface area contributed by atoms with Crippen molar-refractivity contribution in [2.75, 3.05) is 6.54 Å². The number of hydrogen-bond acceptors (Lipinski definition) is 3. The quantitative estimate of drug-likeness (QED) is 0.598. The molecule has 1 unspecified atom stereocenters. The van der Waals surface area contributed by atoms with Crippen LogP contribution in [0.3, 0.4) is 0 Å². The highest BCUT2D eigenvalue weighted by Gasteiger charge is 2.61. The predicted octanol–water partition coefficient (Wildman–Crippen LogP) is 3.79. The lowest BCUT2D eigenvalue weighted by atomic mass is 9.47. The Morgan fingerprint density at radius 2 is 1.73 bits per heavy atom. The van der Waals surface area contributed by atoms with Gasteiger partial charge in [0.15, 0.2) is 0 Å². The van der Waals surface area contributed by atoms with Gasteiger partial charge >= 0.3 is 0 Å². The average Bonchev–Trinajstić information content (AvgIpc) is 3.09. The van der Waals surface area contributed by atoms with Gasteiger partial charge in [-0.3, -0.25) is 14.4 Å². The average molecular weight is 460 g/mol. The Hall–Kier alpha value is -1.59. The van der Waals surface area contributed by atoms with E-state index in [0.29, 0.717) is 36.8 Å². The molecule has 3 amide bonds. The fourth-order valence-corrected chi connectivity index (χ4v) is 8.02. The van der Waals surface area contributed by atoms with E-state index < -0.39 is 6.04 Å². The van der Waals surface area contributed by atoms with Crippen molar-refractivity contribution >= 4 is 17.7 Å². The molecule has 3 aliphatic carbocycles. The number of hydrogen-bond donors (Lipinski definition) is 3. The first-order valence-corrected chi connectivity index (χ1v) is 13.2. The molecule has 1 heterocycles. The summed E-state index contributed by atoms with van der Waals surface area (Å²) in [5.74, 6) is 2.00. The SMILES string of the molecule is CC(NC(=O)[C@@H]1CC[C@@H]2[C@H]3CC[C@H]4NC(=O)CC[C@]4(C)[C@@H]3CC[C@]21C)C(=O)NCC(C)(C)C. The van der Waals surface area contributed by atoms with E-state index in [0.717, 1.165) is 44.9 Å². The Labute approximate surface area is 199 Å². The molecule has 8 atom stereocenters. The maximum atomic E-state index is 13.4. The zero-order chi connectivity index (χ0) is 24.2. The maximum Gasteiger partial charge on any atom is 0.242 e. The Morgan fingerprint density at radius 1 is 1.03 bits per heavy atom. The number of carbonyl (C=O) groups excluding carboxylic acids is 3. The minimum Gasteiger partial charge on any atom is -0.354 e. The second-order valence-corrected chi connectivity index (χ2v) is 13.3. The second kappa shape index (κ2) is 8.57. The normalized spacial score (nSPS) is 41.2. The molecule has 1 aliphatic heterocycles. The van der Waals surface area contributed by atoms with Gasteiger partial charge in [-0.15, -0.1) is 0 Å². The van der Waals surface area contributed by atoms with Crippen molar-refractivity contribution in [2.24, 2.45) is 39.9 Å². The number of piperidine rings is 1. The molecular weight excluding hydrogens is 414 g/mol. The summed E-state index contributed by atoms with van der Waals surface area (Å²) in [7, 11) is 0. The van der Waals surface area contributed by atoms with Crippen molar-refractivity contribution in [3.8, 4) is 0 Å². The highest BCUT2D eigenvalue weighted by atomic mass is 16.2. The van der Waals surface area contributed by atoms with Crippen molar-refractivity contribution in [1.82, 2.24) is 16.0 Å². The van der Waals surface area contributed by atoms with E-state index in [9.17, 15) is 14.4 Å². The molecule has 0 aromatic heterocycles. The summed E-state index contributed by atoms with van der Waals surface area (Å²) in [6.07, 6.45) is 8.11. The van der Waals surface area contributed by atoms with Gasteiger partial charge in [0, 0.05) is 24.9 Å². The lowest BCUT2D eigenvalue weighted by Crippen LogP contribution is -2.61. The molecule has 3 N–H and O–H groups in total. The summed E-state index contributed by atoms with van der Waals surface area (Å²) in [6, 6.07) is -0.198. The first-order valence-electron chi connectivity index (χ1n) is 13.2. The molecule has 4 rings (SSSR count). The van der Waals surface area contributed by atoms with Gasteiger partial charge in [-0.2, -0.15) is 0 Å². The monoisotopic (exact) mass is 459 g/mol. The van der Waals surface area contributed by atoms with Crippen LogP contribution in [0.5, 0.6) is 0 Å². The van der Waals surface area contributed by atoms with Crippen LogP contribution in [0.25, 0.3) is 0 Å². The van der Waals surface area contributed by atoms with Crippen LogP contribution in [0.1, 0.15) is 92.9 Å². The predicted molar refractivity (Wildman–Crippen MR) is 129 cm³/mol. The van der Waals surface area contributed by atoms with E-state index in [2.05, 4.69) is 50.6 Å². The van der Waals surface area contributed by atoms with Crippen LogP contribution < -0.4 is 16.0 Å². The van der Waals surface area contributed by atoms with E-state index in [1.807, 2.05) is 0 Å². The maximum absolute atomic E-state index is 13.4. The van der Waals surface area contributed by atoms with Crippen LogP contribution in [0.4, 0.5) is 0 Å². The Kier molecular flexibility index (Phi) is 6.37. The number of nitrogens with one attached hydrogen (secondary N) is 3. The third kappa shape index (κ3) is 4.43. The summed E-state index contributed by atoms with van der Waals surface area (Å²) >= 11 is 0. The minimum atomic E-state index is -0.515. The van der Waals surface area contributed by atoms with Gasteiger partial charge in [0.2, 0.25) is 17.7 Å². The molecule has 1 saturated heterocycles. The Balaban J connectivity index is 1.42. The molecule has 0 radical (unpaired) electrons.